The van der Waals surface area contributed by atoms with Gasteiger partial charge in [-0.3, -0.25) is 0 Å². The molecule has 0 aliphatic rings. The van der Waals surface area contributed by atoms with Gasteiger partial charge in [-0.2, -0.15) is 0 Å². The number of pyridine rings is 1. The molecule has 0 aliphatic carbocycles. The first-order valence-corrected chi connectivity index (χ1v) is 7.47. The molecule has 0 unspecified atom stereocenters. The molecule has 0 bridgehead atoms. The van der Waals surface area contributed by atoms with E-state index in [4.69, 9.17) is 15.2 Å². The Hall–Kier alpha value is -3.28. The van der Waals surface area contributed by atoms with Gasteiger partial charge in [0, 0.05) is 11.5 Å². The summed E-state index contributed by atoms with van der Waals surface area (Å²) in [5, 5.41) is 0.900. The van der Waals surface area contributed by atoms with Crippen LogP contribution in [0, 0.1) is 0 Å². The van der Waals surface area contributed by atoms with Gasteiger partial charge in [-0.15, -0.1) is 0 Å². The molecule has 2 heterocycles. The third-order valence-electron chi connectivity index (χ3n) is 3.99. The Bertz CT molecular complexity index is 1020. The number of nitrogens with zero attached hydrogens (tertiary/aromatic N) is 2. The van der Waals surface area contributed by atoms with Gasteiger partial charge in [-0.1, -0.05) is 12.1 Å². The molecular weight excluding hydrogens is 304 g/mol. The quantitative estimate of drug-likeness (QED) is 0.604. The Morgan fingerprint density at radius 1 is 0.917 bits per heavy atom. The number of fused-ring (bicyclic) bond motifs is 2. The topological polar surface area (TPSA) is 86.0 Å². The number of aromatic nitrogens is 3. The van der Waals surface area contributed by atoms with Gasteiger partial charge >= 0.3 is 0 Å². The summed E-state index contributed by atoms with van der Waals surface area (Å²) in [4.78, 5) is 12.4. The summed E-state index contributed by atoms with van der Waals surface area (Å²) in [5.74, 6) is 2.37. The van der Waals surface area contributed by atoms with E-state index in [1.807, 2.05) is 42.5 Å². The Morgan fingerprint density at radius 2 is 1.67 bits per heavy atom. The van der Waals surface area contributed by atoms with E-state index in [2.05, 4.69) is 15.0 Å². The number of nitrogens with one attached hydrogen (secondary N) is 1. The molecule has 6 nitrogen and oxygen atoms in total. The number of nitrogen functional groups attached to an aromatic ring is 1. The number of ether oxygens (including phenoxy) is 2. The Kier molecular flexibility index (Phi) is 3.23. The molecule has 0 aliphatic heterocycles. The second-order valence-corrected chi connectivity index (χ2v) is 5.42. The van der Waals surface area contributed by atoms with Crippen molar-refractivity contribution in [1.29, 1.82) is 0 Å². The largest absolute Gasteiger partial charge is 0.493 e. The van der Waals surface area contributed by atoms with E-state index < -0.39 is 0 Å². The van der Waals surface area contributed by atoms with E-state index in [-0.39, 0.29) is 0 Å². The second kappa shape index (κ2) is 5.42. The lowest BCUT2D eigenvalue weighted by atomic mass is 10.1. The van der Waals surface area contributed by atoms with Crippen molar-refractivity contribution < 1.29 is 9.47 Å². The van der Waals surface area contributed by atoms with E-state index in [0.717, 1.165) is 27.5 Å². The first-order valence-electron chi connectivity index (χ1n) is 7.47. The van der Waals surface area contributed by atoms with E-state index in [1.54, 1.807) is 14.2 Å². The summed E-state index contributed by atoms with van der Waals surface area (Å²) in [7, 11) is 3.20. The van der Waals surface area contributed by atoms with Crippen LogP contribution in [0.2, 0.25) is 0 Å². The molecule has 0 amide bonds. The predicted molar refractivity (Wildman–Crippen MR) is 94.3 cm³/mol. The molecule has 0 radical (unpaired) electrons. The molecule has 0 spiro atoms. The Labute approximate surface area is 138 Å². The van der Waals surface area contributed by atoms with Crippen LogP contribution < -0.4 is 15.2 Å². The summed E-state index contributed by atoms with van der Waals surface area (Å²) in [6, 6.07) is 13.5. The van der Waals surface area contributed by atoms with Crippen LogP contribution in [0.3, 0.4) is 0 Å². The van der Waals surface area contributed by atoms with Gasteiger partial charge in [0.25, 0.3) is 0 Å². The molecule has 4 aromatic rings. The van der Waals surface area contributed by atoms with Crippen molar-refractivity contribution in [3.05, 3.63) is 42.5 Å². The highest BCUT2D eigenvalue weighted by molar-refractivity contribution is 5.91. The lowest BCUT2D eigenvalue weighted by Crippen LogP contribution is -1.97. The summed E-state index contributed by atoms with van der Waals surface area (Å²) >= 11 is 0. The summed E-state index contributed by atoms with van der Waals surface area (Å²) < 4.78 is 10.7. The first kappa shape index (κ1) is 14.3. The highest BCUT2D eigenvalue weighted by Gasteiger charge is 2.13. The molecular formula is C18H16N4O2. The molecule has 4 rings (SSSR count). The number of anilines is 1. The molecule has 0 saturated carbocycles. The minimum absolute atomic E-state index is 0.411. The number of nitrogens with two attached hydrogens (primary N) is 1. The van der Waals surface area contributed by atoms with Crippen molar-refractivity contribution >= 4 is 27.8 Å². The number of rotatable bonds is 3. The van der Waals surface area contributed by atoms with E-state index in [1.165, 1.54) is 0 Å². The number of methoxy groups -OCH3 is 2. The van der Waals surface area contributed by atoms with Crippen LogP contribution in [0.5, 0.6) is 11.5 Å². The Morgan fingerprint density at radius 3 is 2.42 bits per heavy atom. The highest BCUT2D eigenvalue weighted by atomic mass is 16.5. The van der Waals surface area contributed by atoms with Gasteiger partial charge in [0.2, 0.25) is 0 Å². The lowest BCUT2D eigenvalue weighted by molar-refractivity contribution is 0.356. The van der Waals surface area contributed by atoms with Crippen molar-refractivity contribution in [1.82, 2.24) is 15.0 Å². The lowest BCUT2D eigenvalue weighted by Gasteiger charge is -2.10. The second-order valence-electron chi connectivity index (χ2n) is 5.42. The number of imidazole rings is 1. The Balaban J connectivity index is 1.93. The third-order valence-corrected chi connectivity index (χ3v) is 3.99. The van der Waals surface area contributed by atoms with Crippen LogP contribution in [-0.4, -0.2) is 29.2 Å². The van der Waals surface area contributed by atoms with Crippen molar-refractivity contribution in [3.63, 3.8) is 0 Å². The van der Waals surface area contributed by atoms with E-state index >= 15 is 0 Å². The molecule has 2 aromatic carbocycles. The zero-order chi connectivity index (χ0) is 16.7. The fourth-order valence-electron chi connectivity index (χ4n) is 2.79. The summed E-state index contributed by atoms with van der Waals surface area (Å²) in [6.45, 7) is 0. The number of benzene rings is 2. The number of para-hydroxylation sites is 2. The number of hydrogen-bond acceptors (Lipinski definition) is 5. The van der Waals surface area contributed by atoms with Gasteiger partial charge in [-0.05, 0) is 24.3 Å². The van der Waals surface area contributed by atoms with Gasteiger partial charge in [0.15, 0.2) is 11.5 Å². The molecule has 2 aromatic heterocycles. The predicted octanol–water partition coefficient (Wildman–Crippen LogP) is 3.38. The smallest absolute Gasteiger partial charge is 0.162 e. The molecule has 0 fully saturated rings. The summed E-state index contributed by atoms with van der Waals surface area (Å²) in [5.41, 5.74) is 9.50. The van der Waals surface area contributed by atoms with E-state index in [0.29, 0.717) is 23.1 Å². The molecule has 0 atom stereocenters. The van der Waals surface area contributed by atoms with Gasteiger partial charge in [-0.25, -0.2) is 9.97 Å². The fourth-order valence-corrected chi connectivity index (χ4v) is 2.79. The fraction of sp³-hybridized carbons (Fsp3) is 0.111. The van der Waals surface area contributed by atoms with Gasteiger partial charge in [0.1, 0.15) is 11.6 Å². The molecule has 3 N–H and O–H groups in total. The van der Waals surface area contributed by atoms with Crippen LogP contribution in [-0.2, 0) is 0 Å². The standard InChI is InChI=1S/C18H16N4O2/c1-23-15-8-10-7-11(17(19)20-14(10)9-16(15)24-2)18-21-12-5-3-4-6-13(12)22-18/h3-9H,1-2H3,(H2,19,20)(H,21,22). The maximum atomic E-state index is 6.16. The average molecular weight is 320 g/mol. The van der Waals surface area contributed by atoms with Crippen LogP contribution in [0.15, 0.2) is 42.5 Å². The molecule has 120 valence electrons. The zero-order valence-corrected chi connectivity index (χ0v) is 13.3. The number of H-pyrrole nitrogens is 1. The van der Waals surface area contributed by atoms with Crippen molar-refractivity contribution in [3.8, 4) is 22.9 Å². The van der Waals surface area contributed by atoms with Crippen LogP contribution in [0.1, 0.15) is 0 Å². The monoisotopic (exact) mass is 320 g/mol. The summed E-state index contributed by atoms with van der Waals surface area (Å²) in [6.07, 6.45) is 0. The molecule has 24 heavy (non-hydrogen) atoms. The minimum atomic E-state index is 0.411. The zero-order valence-electron chi connectivity index (χ0n) is 13.3. The van der Waals surface area contributed by atoms with Gasteiger partial charge < -0.3 is 20.2 Å². The van der Waals surface area contributed by atoms with Crippen LogP contribution in [0.4, 0.5) is 5.82 Å². The first-order chi connectivity index (χ1) is 11.7. The van der Waals surface area contributed by atoms with Crippen LogP contribution >= 0.6 is 0 Å². The van der Waals surface area contributed by atoms with Gasteiger partial charge in [0.05, 0.1) is 36.3 Å². The van der Waals surface area contributed by atoms with Crippen molar-refractivity contribution in [2.45, 2.75) is 0 Å². The maximum absolute atomic E-state index is 6.16. The third kappa shape index (κ3) is 2.20. The van der Waals surface area contributed by atoms with Crippen molar-refractivity contribution in [2.75, 3.05) is 20.0 Å². The van der Waals surface area contributed by atoms with Crippen LogP contribution in [0.25, 0.3) is 33.3 Å². The molecule has 6 heteroatoms. The van der Waals surface area contributed by atoms with Crippen molar-refractivity contribution in [2.24, 2.45) is 0 Å². The number of aromatic amines is 1. The number of hydrogen-bond donors (Lipinski definition) is 2. The highest BCUT2D eigenvalue weighted by Crippen LogP contribution is 2.34. The SMILES string of the molecule is COc1cc2cc(-c3nc4ccccc4[nH]3)c(N)nc2cc1OC. The maximum Gasteiger partial charge on any atom is 0.162 e. The molecule has 0 saturated heterocycles. The normalized spacial score (nSPS) is 11.1. The average Bonchev–Trinajstić information content (AvgIpc) is 3.03. The minimum Gasteiger partial charge on any atom is -0.493 e. The van der Waals surface area contributed by atoms with E-state index in [9.17, 15) is 0 Å².